The number of primary amides is 1. The Morgan fingerprint density at radius 2 is 1.89 bits per heavy atom. The molecule has 1 fully saturated rings. The van der Waals surface area contributed by atoms with E-state index in [1.165, 1.54) is 19.3 Å². The van der Waals surface area contributed by atoms with Crippen LogP contribution in [0.15, 0.2) is 24.3 Å². The summed E-state index contributed by atoms with van der Waals surface area (Å²) in [6, 6.07) is 7.47. The number of amides is 2. The van der Waals surface area contributed by atoms with Gasteiger partial charge in [-0.25, -0.2) is 4.79 Å². The summed E-state index contributed by atoms with van der Waals surface area (Å²) < 4.78 is 0. The maximum Gasteiger partial charge on any atom is 0.316 e. The molecule has 2 unspecified atom stereocenters. The Morgan fingerprint density at radius 1 is 1.22 bits per heavy atom. The lowest BCUT2D eigenvalue weighted by atomic mass is 10.0. The van der Waals surface area contributed by atoms with Crippen LogP contribution in [0.5, 0.6) is 0 Å². The van der Waals surface area contributed by atoms with Gasteiger partial charge in [-0.15, -0.1) is 0 Å². The molecule has 2 rings (SSSR count). The average molecular weight is 248 g/mol. The van der Waals surface area contributed by atoms with Crippen molar-refractivity contribution < 1.29 is 4.79 Å². The summed E-state index contributed by atoms with van der Waals surface area (Å²) in [5, 5.41) is 6.04. The molecule has 0 bridgehead atoms. The Bertz CT molecular complexity index is 404. The first-order valence-corrected chi connectivity index (χ1v) is 6.32. The first-order valence-electron chi connectivity index (χ1n) is 6.32. The molecule has 6 N–H and O–H groups in total. The van der Waals surface area contributed by atoms with Crippen molar-refractivity contribution in [3.05, 3.63) is 24.3 Å². The lowest BCUT2D eigenvalue weighted by Gasteiger charge is -2.20. The van der Waals surface area contributed by atoms with E-state index in [9.17, 15) is 4.79 Å². The van der Waals surface area contributed by atoms with Crippen molar-refractivity contribution in [2.24, 2.45) is 17.4 Å². The molecule has 18 heavy (non-hydrogen) atoms. The second kappa shape index (κ2) is 5.73. The van der Waals surface area contributed by atoms with E-state index in [1.807, 2.05) is 24.3 Å². The third-order valence-corrected chi connectivity index (χ3v) is 3.47. The van der Waals surface area contributed by atoms with E-state index in [1.54, 1.807) is 0 Å². The number of hydrogen-bond acceptors (Lipinski definition) is 3. The molecular weight excluding hydrogens is 228 g/mol. The highest BCUT2D eigenvalue weighted by atomic mass is 16.2. The Balaban J connectivity index is 1.95. The van der Waals surface area contributed by atoms with Gasteiger partial charge in [0.15, 0.2) is 0 Å². The molecular formula is C13H20N4O. The van der Waals surface area contributed by atoms with Gasteiger partial charge in [0, 0.05) is 17.4 Å². The maximum absolute atomic E-state index is 10.7. The van der Waals surface area contributed by atoms with Crippen LogP contribution in [0.2, 0.25) is 0 Å². The van der Waals surface area contributed by atoms with E-state index in [4.69, 9.17) is 11.5 Å². The van der Waals surface area contributed by atoms with Crippen LogP contribution in [0, 0.1) is 5.92 Å². The quantitative estimate of drug-likeness (QED) is 0.653. The minimum absolute atomic E-state index is 0.463. The van der Waals surface area contributed by atoms with E-state index in [2.05, 4.69) is 10.6 Å². The molecule has 2 atom stereocenters. The third-order valence-electron chi connectivity index (χ3n) is 3.47. The predicted octanol–water partition coefficient (Wildman–Crippen LogP) is 1.72. The van der Waals surface area contributed by atoms with Crippen molar-refractivity contribution in [1.29, 1.82) is 0 Å². The number of benzene rings is 1. The number of nitrogens with one attached hydrogen (secondary N) is 2. The zero-order chi connectivity index (χ0) is 13.0. The fourth-order valence-corrected chi connectivity index (χ4v) is 2.52. The summed E-state index contributed by atoms with van der Waals surface area (Å²) in [5.74, 6) is 0.563. The van der Waals surface area contributed by atoms with Crippen molar-refractivity contribution in [2.75, 3.05) is 17.2 Å². The first-order chi connectivity index (χ1) is 8.69. The van der Waals surface area contributed by atoms with Gasteiger partial charge in [0.25, 0.3) is 0 Å². The number of carbonyl (C=O) groups excluding carboxylic acids is 1. The topological polar surface area (TPSA) is 93.2 Å². The van der Waals surface area contributed by atoms with Gasteiger partial charge in [-0.05, 0) is 49.6 Å². The molecule has 0 aliphatic heterocycles. The highest BCUT2D eigenvalue weighted by Crippen LogP contribution is 2.28. The lowest BCUT2D eigenvalue weighted by Crippen LogP contribution is -2.29. The van der Waals surface area contributed by atoms with E-state index in [0.717, 1.165) is 12.2 Å². The van der Waals surface area contributed by atoms with Crippen LogP contribution in [-0.2, 0) is 0 Å². The molecule has 1 aromatic rings. The number of rotatable bonds is 4. The minimum atomic E-state index is -0.547. The van der Waals surface area contributed by atoms with Crippen LogP contribution in [0.1, 0.15) is 19.3 Å². The molecule has 0 spiro atoms. The van der Waals surface area contributed by atoms with Crippen LogP contribution in [-0.4, -0.2) is 18.6 Å². The van der Waals surface area contributed by atoms with Gasteiger partial charge in [-0.2, -0.15) is 0 Å². The molecule has 2 amide bonds. The number of urea groups is 1. The van der Waals surface area contributed by atoms with E-state index in [-0.39, 0.29) is 0 Å². The van der Waals surface area contributed by atoms with E-state index >= 15 is 0 Å². The summed E-state index contributed by atoms with van der Waals surface area (Å²) >= 11 is 0. The zero-order valence-corrected chi connectivity index (χ0v) is 10.4. The van der Waals surface area contributed by atoms with Crippen LogP contribution in [0.25, 0.3) is 0 Å². The lowest BCUT2D eigenvalue weighted by molar-refractivity contribution is 0.259. The van der Waals surface area contributed by atoms with Gasteiger partial charge in [-0.3, -0.25) is 0 Å². The molecule has 5 heteroatoms. The Hall–Kier alpha value is -1.75. The van der Waals surface area contributed by atoms with Gasteiger partial charge in [-0.1, -0.05) is 6.42 Å². The monoisotopic (exact) mass is 248 g/mol. The molecule has 1 aliphatic carbocycles. The molecule has 98 valence electrons. The van der Waals surface area contributed by atoms with Gasteiger partial charge < -0.3 is 22.1 Å². The molecule has 1 aromatic carbocycles. The van der Waals surface area contributed by atoms with E-state index in [0.29, 0.717) is 17.6 Å². The molecule has 1 aliphatic rings. The number of hydrogen-bond donors (Lipinski definition) is 4. The summed E-state index contributed by atoms with van der Waals surface area (Å²) in [6.45, 7) is 0.735. The predicted molar refractivity (Wildman–Crippen MR) is 73.5 cm³/mol. The number of carbonyl (C=O) groups is 1. The van der Waals surface area contributed by atoms with Crippen molar-refractivity contribution >= 4 is 17.4 Å². The fraction of sp³-hybridized carbons (Fsp3) is 0.462. The molecule has 0 saturated heterocycles. The molecule has 0 heterocycles. The second-order valence-corrected chi connectivity index (χ2v) is 4.74. The van der Waals surface area contributed by atoms with Crippen molar-refractivity contribution in [3.8, 4) is 0 Å². The normalized spacial score (nSPS) is 22.7. The zero-order valence-electron chi connectivity index (χ0n) is 10.4. The first kappa shape index (κ1) is 12.7. The minimum Gasteiger partial charge on any atom is -0.382 e. The summed E-state index contributed by atoms with van der Waals surface area (Å²) in [5.41, 5.74) is 12.6. The highest BCUT2D eigenvalue weighted by Gasteiger charge is 2.25. The molecule has 1 saturated carbocycles. The van der Waals surface area contributed by atoms with Gasteiger partial charge in [0.05, 0.1) is 0 Å². The largest absolute Gasteiger partial charge is 0.382 e. The van der Waals surface area contributed by atoms with Crippen LogP contribution in [0.4, 0.5) is 16.2 Å². The smallest absolute Gasteiger partial charge is 0.316 e. The molecule has 5 nitrogen and oxygen atoms in total. The Kier molecular flexibility index (Phi) is 4.04. The summed E-state index contributed by atoms with van der Waals surface area (Å²) in [4.78, 5) is 10.7. The number of anilines is 2. The van der Waals surface area contributed by atoms with Crippen LogP contribution < -0.4 is 22.1 Å². The summed E-state index contributed by atoms with van der Waals surface area (Å²) in [6.07, 6.45) is 3.61. The fourth-order valence-electron chi connectivity index (χ4n) is 2.52. The van der Waals surface area contributed by atoms with Gasteiger partial charge in [0.2, 0.25) is 0 Å². The maximum atomic E-state index is 10.7. The highest BCUT2D eigenvalue weighted by molar-refractivity contribution is 5.87. The van der Waals surface area contributed by atoms with Crippen molar-refractivity contribution in [3.63, 3.8) is 0 Å². The van der Waals surface area contributed by atoms with Gasteiger partial charge >= 0.3 is 6.03 Å². The van der Waals surface area contributed by atoms with Crippen molar-refractivity contribution in [1.82, 2.24) is 0 Å². The third kappa shape index (κ3) is 3.13. The molecule has 0 radical (unpaired) electrons. The van der Waals surface area contributed by atoms with Crippen molar-refractivity contribution in [2.45, 2.75) is 25.3 Å². The van der Waals surface area contributed by atoms with Crippen LogP contribution >= 0.6 is 0 Å². The SMILES string of the molecule is NCC1CCCC1Nc1ccc(NC(N)=O)cc1. The standard InChI is InChI=1S/C13H20N4O/c14-8-9-2-1-3-12(9)16-10-4-6-11(7-5-10)17-13(15)18/h4-7,9,12,16H,1-3,8,14H2,(H3,15,17,18). The van der Waals surface area contributed by atoms with Crippen LogP contribution in [0.3, 0.4) is 0 Å². The van der Waals surface area contributed by atoms with E-state index < -0.39 is 6.03 Å². The van der Waals surface area contributed by atoms with Gasteiger partial charge in [0.1, 0.15) is 0 Å². The Morgan fingerprint density at radius 3 is 2.50 bits per heavy atom. The molecule has 0 aromatic heterocycles. The second-order valence-electron chi connectivity index (χ2n) is 4.74. The summed E-state index contributed by atoms with van der Waals surface area (Å²) in [7, 11) is 0. The number of nitrogens with two attached hydrogens (primary N) is 2. The Labute approximate surface area is 107 Å². The average Bonchev–Trinajstić information content (AvgIpc) is 2.78.